The summed E-state index contributed by atoms with van der Waals surface area (Å²) in [5.74, 6) is 0.242. The van der Waals surface area contributed by atoms with Gasteiger partial charge < -0.3 is 20.5 Å². The maximum Gasteiger partial charge on any atom is 0.165 e. The molecule has 7 aromatic carbocycles. The SMILES string of the molecule is [NH-]C(NC([NH2+]Cc1ccccc1)c1cccc(N2C3=CC=CCC3C=Cc3ccc(-c4cccc5c4c4ccccc4n5-c4ccccc4)cc32)c1)c1ccccc1. The van der Waals surface area contributed by atoms with Gasteiger partial charge in [-0.1, -0.05) is 169 Å². The second kappa shape index (κ2) is 15.6. The number of hydrogen-bond acceptors (Lipinski definition) is 2. The predicted octanol–water partition coefficient (Wildman–Crippen LogP) is 12.2. The van der Waals surface area contributed by atoms with E-state index in [1.807, 2.05) is 30.3 Å². The topological polar surface area (TPSA) is 60.6 Å². The van der Waals surface area contributed by atoms with Crippen molar-refractivity contribution in [2.24, 2.45) is 5.92 Å². The van der Waals surface area contributed by atoms with Gasteiger partial charge in [0.25, 0.3) is 0 Å². The Kier molecular flexibility index (Phi) is 9.61. The van der Waals surface area contributed by atoms with Crippen LogP contribution in [0.4, 0.5) is 11.4 Å². The summed E-state index contributed by atoms with van der Waals surface area (Å²) in [5, 5.41) is 8.47. The van der Waals surface area contributed by atoms with Gasteiger partial charge in [0.1, 0.15) is 6.54 Å². The number of nitrogens with one attached hydrogen (secondary N) is 2. The number of hydrogen-bond donors (Lipinski definition) is 2. The summed E-state index contributed by atoms with van der Waals surface area (Å²) in [6.07, 6.45) is 11.6. The van der Waals surface area contributed by atoms with Gasteiger partial charge in [-0.2, -0.15) is 0 Å². The summed E-state index contributed by atoms with van der Waals surface area (Å²) < 4.78 is 2.39. The lowest BCUT2D eigenvalue weighted by Crippen LogP contribution is -2.86. The number of nitrogens with two attached hydrogens (primary N) is 1. The molecule has 58 heavy (non-hydrogen) atoms. The van der Waals surface area contributed by atoms with Crippen molar-refractivity contribution in [2.75, 3.05) is 4.90 Å². The highest BCUT2D eigenvalue weighted by molar-refractivity contribution is 6.16. The summed E-state index contributed by atoms with van der Waals surface area (Å²) in [5.41, 5.74) is 23.1. The van der Waals surface area contributed by atoms with E-state index in [1.54, 1.807) is 0 Å². The third kappa shape index (κ3) is 6.76. The average molecular weight is 752 g/mol. The number of anilines is 2. The van der Waals surface area contributed by atoms with E-state index in [0.717, 1.165) is 41.2 Å². The van der Waals surface area contributed by atoms with Crippen LogP contribution in [-0.2, 0) is 6.54 Å². The molecule has 0 spiro atoms. The van der Waals surface area contributed by atoms with Crippen LogP contribution < -0.4 is 15.5 Å². The molecule has 1 aromatic heterocycles. The van der Waals surface area contributed by atoms with Crippen molar-refractivity contribution >= 4 is 39.3 Å². The minimum atomic E-state index is -0.585. The van der Waals surface area contributed by atoms with Crippen LogP contribution in [0, 0.1) is 5.92 Å². The van der Waals surface area contributed by atoms with Gasteiger partial charge in [0.05, 0.1) is 16.7 Å². The van der Waals surface area contributed by atoms with Crippen molar-refractivity contribution < 1.29 is 5.32 Å². The molecule has 5 heteroatoms. The molecule has 1 aliphatic heterocycles. The summed E-state index contributed by atoms with van der Waals surface area (Å²) in [6.45, 7) is 0.786. The summed E-state index contributed by atoms with van der Waals surface area (Å²) in [4.78, 5) is 2.48. The lowest BCUT2D eigenvalue weighted by Gasteiger charge is -2.33. The molecule has 0 bridgehead atoms. The highest BCUT2D eigenvalue weighted by Crippen LogP contribution is 2.45. The number of aromatic nitrogens is 1. The molecule has 5 nitrogen and oxygen atoms in total. The standard InChI is InChI=1S/C53H44N5/c54-52(40-19-6-2-7-20-40)56-53(55-36-37-16-4-1-5-17-37)42-21-14-24-44(34-42)58-47-27-12-10-18-38(47)30-31-39-32-33-41(35-50(39)58)45-26-15-29-49-51(45)46-25-11-13-28-48(46)57(49)43-22-8-3-9-23-43/h1-17,19-35,38,52-56H,18,36H2/q-1/p+1. The van der Waals surface area contributed by atoms with E-state index in [2.05, 4.69) is 196 Å². The van der Waals surface area contributed by atoms with Crippen LogP contribution in [0.2, 0.25) is 0 Å². The number of fused-ring (bicyclic) bond motifs is 5. The maximum atomic E-state index is 9.17. The van der Waals surface area contributed by atoms with Crippen LogP contribution in [0.5, 0.6) is 0 Å². The van der Waals surface area contributed by atoms with Crippen molar-refractivity contribution in [3.8, 4) is 16.8 Å². The number of para-hydroxylation sites is 2. The molecule has 1 aliphatic carbocycles. The van der Waals surface area contributed by atoms with Gasteiger partial charge in [-0.15, -0.1) is 0 Å². The number of quaternary nitrogens is 1. The first-order chi connectivity index (χ1) is 28.7. The average Bonchev–Trinajstić information content (AvgIpc) is 3.54. The Morgan fingerprint density at radius 3 is 2.22 bits per heavy atom. The Bertz CT molecular complexity index is 2820. The Labute approximate surface area is 340 Å². The van der Waals surface area contributed by atoms with Gasteiger partial charge in [0.2, 0.25) is 0 Å². The third-order valence-electron chi connectivity index (χ3n) is 11.6. The van der Waals surface area contributed by atoms with Gasteiger partial charge in [-0.3, -0.25) is 5.32 Å². The normalized spacial score (nSPS) is 15.8. The Morgan fingerprint density at radius 1 is 0.672 bits per heavy atom. The molecular formula is C53H45N5. The minimum absolute atomic E-state index is 0.158. The van der Waals surface area contributed by atoms with Crippen molar-refractivity contribution in [3.05, 3.63) is 234 Å². The van der Waals surface area contributed by atoms with Gasteiger partial charge >= 0.3 is 0 Å². The maximum absolute atomic E-state index is 9.17. The molecule has 8 aromatic rings. The second-order valence-electron chi connectivity index (χ2n) is 15.2. The first-order valence-electron chi connectivity index (χ1n) is 20.3. The molecule has 0 radical (unpaired) electrons. The fourth-order valence-corrected chi connectivity index (χ4v) is 8.81. The molecule has 4 N–H and O–H groups in total. The molecule has 2 heterocycles. The van der Waals surface area contributed by atoms with Crippen LogP contribution in [0.3, 0.4) is 0 Å². The lowest BCUT2D eigenvalue weighted by atomic mass is 9.95. The number of rotatable bonds is 10. The highest BCUT2D eigenvalue weighted by Gasteiger charge is 2.28. The first-order valence-corrected chi connectivity index (χ1v) is 20.3. The lowest BCUT2D eigenvalue weighted by molar-refractivity contribution is -0.717. The van der Waals surface area contributed by atoms with Crippen molar-refractivity contribution in [2.45, 2.75) is 25.3 Å². The zero-order chi connectivity index (χ0) is 38.8. The summed E-state index contributed by atoms with van der Waals surface area (Å²) in [7, 11) is 0. The molecule has 10 rings (SSSR count). The zero-order valence-electron chi connectivity index (χ0n) is 32.2. The molecule has 0 saturated heterocycles. The van der Waals surface area contributed by atoms with Crippen LogP contribution in [0.1, 0.15) is 41.0 Å². The van der Waals surface area contributed by atoms with E-state index in [0.29, 0.717) is 0 Å². The van der Waals surface area contributed by atoms with Crippen molar-refractivity contribution in [1.29, 1.82) is 0 Å². The van der Waals surface area contributed by atoms with Crippen molar-refractivity contribution in [1.82, 2.24) is 9.88 Å². The van der Waals surface area contributed by atoms with E-state index < -0.39 is 6.17 Å². The molecule has 3 atom stereocenters. The fourth-order valence-electron chi connectivity index (χ4n) is 8.81. The van der Waals surface area contributed by atoms with Gasteiger partial charge in [-0.05, 0) is 71.7 Å². The fraction of sp³-hybridized carbons (Fsp3) is 0.0943. The quantitative estimate of drug-likeness (QED) is 0.137. The van der Waals surface area contributed by atoms with Crippen LogP contribution in [0.25, 0.3) is 50.4 Å². The molecule has 282 valence electrons. The summed E-state index contributed by atoms with van der Waals surface area (Å²) >= 11 is 0. The van der Waals surface area contributed by atoms with Gasteiger partial charge in [0, 0.05) is 44.9 Å². The van der Waals surface area contributed by atoms with E-state index >= 15 is 0 Å². The van der Waals surface area contributed by atoms with Crippen LogP contribution in [-0.4, -0.2) is 4.57 Å². The highest BCUT2D eigenvalue weighted by atomic mass is 15.2. The minimum Gasteiger partial charge on any atom is -0.658 e. The first kappa shape index (κ1) is 35.6. The van der Waals surface area contributed by atoms with E-state index in [-0.39, 0.29) is 12.1 Å². The molecule has 2 aliphatic rings. The van der Waals surface area contributed by atoms with Gasteiger partial charge in [-0.25, -0.2) is 0 Å². The number of benzene rings is 7. The van der Waals surface area contributed by atoms with E-state index in [4.69, 9.17) is 5.73 Å². The largest absolute Gasteiger partial charge is 0.658 e. The van der Waals surface area contributed by atoms with Crippen LogP contribution in [0.15, 0.2) is 206 Å². The monoisotopic (exact) mass is 751 g/mol. The zero-order valence-corrected chi connectivity index (χ0v) is 32.2. The Morgan fingerprint density at radius 2 is 1.38 bits per heavy atom. The van der Waals surface area contributed by atoms with Crippen LogP contribution >= 0.6 is 0 Å². The smallest absolute Gasteiger partial charge is 0.165 e. The van der Waals surface area contributed by atoms with E-state index in [1.165, 1.54) is 49.8 Å². The van der Waals surface area contributed by atoms with Gasteiger partial charge in [0.15, 0.2) is 6.17 Å². The second-order valence-corrected chi connectivity index (χ2v) is 15.2. The molecule has 0 amide bonds. The predicted molar refractivity (Wildman–Crippen MR) is 241 cm³/mol. The Hall–Kier alpha value is -6.76. The molecule has 3 unspecified atom stereocenters. The number of nitrogens with zero attached hydrogens (tertiary/aromatic N) is 2. The van der Waals surface area contributed by atoms with E-state index in [9.17, 15) is 0 Å². The Balaban J connectivity index is 1.10. The molecule has 0 fully saturated rings. The van der Waals surface area contributed by atoms with Crippen molar-refractivity contribution in [3.63, 3.8) is 0 Å². The number of allylic oxidation sites excluding steroid dienone is 4. The molecule has 0 saturated carbocycles. The third-order valence-corrected chi connectivity index (χ3v) is 11.6. The summed E-state index contributed by atoms with van der Waals surface area (Å²) in [6, 6.07) is 62.7. The molecular weight excluding hydrogens is 707 g/mol.